The average Bonchev–Trinajstić information content (AvgIpc) is 2.08. The fourth-order valence-electron chi connectivity index (χ4n) is 0.817. The topological polar surface area (TPSA) is 50.2 Å². The zero-order chi connectivity index (χ0) is 10.9. The van der Waals surface area contributed by atoms with Crippen LogP contribution in [0.2, 0.25) is 0 Å². The molecule has 0 saturated carbocycles. The highest BCUT2D eigenvalue weighted by atomic mass is 127. The summed E-state index contributed by atoms with van der Waals surface area (Å²) >= 11 is 4.76. The van der Waals surface area contributed by atoms with E-state index in [0.29, 0.717) is 8.17 Å². The lowest BCUT2D eigenvalue weighted by molar-refractivity contribution is 0.0682. The van der Waals surface area contributed by atoms with Gasteiger partial charge in [0, 0.05) is 0 Å². The number of aromatic carboxylic acids is 1. The van der Waals surface area contributed by atoms with Gasteiger partial charge in [0.05, 0.1) is 10.0 Å². The molecule has 1 rings (SSSR count). The maximum Gasteiger partial charge on any atom is 0.337 e. The van der Waals surface area contributed by atoms with E-state index in [9.17, 15) is 13.6 Å². The molecule has 7 heteroatoms. The van der Waals surface area contributed by atoms with Gasteiger partial charge in [0.25, 0.3) is 6.43 Å². The van der Waals surface area contributed by atoms with Crippen molar-refractivity contribution >= 4 is 44.5 Å². The van der Waals surface area contributed by atoms with E-state index in [1.807, 2.05) is 0 Å². The predicted octanol–water partition coefficient (Wildman–Crippen LogP) is 3.08. The van der Waals surface area contributed by atoms with E-state index in [4.69, 9.17) is 5.11 Å². The minimum absolute atomic E-state index is 0.308. The Kier molecular flexibility index (Phi) is 3.76. The largest absolute Gasteiger partial charge is 0.478 e. The number of hydrogen-bond acceptors (Lipinski definition) is 2. The second kappa shape index (κ2) is 4.47. The van der Waals surface area contributed by atoms with Gasteiger partial charge in [0.2, 0.25) is 0 Å². The third-order valence-corrected chi connectivity index (χ3v) is 3.57. The number of carbonyl (C=O) groups is 1. The molecule has 3 nitrogen and oxygen atoms in total. The number of nitrogens with zero attached hydrogens (tertiary/aromatic N) is 1. The third-order valence-electron chi connectivity index (χ3n) is 1.40. The summed E-state index contributed by atoms with van der Waals surface area (Å²) in [5.74, 6) is -1.41. The summed E-state index contributed by atoms with van der Waals surface area (Å²) in [4.78, 5) is 14.1. The van der Waals surface area contributed by atoms with E-state index < -0.39 is 23.7 Å². The van der Waals surface area contributed by atoms with Crippen LogP contribution in [0.1, 0.15) is 22.5 Å². The first-order valence-electron chi connectivity index (χ1n) is 3.31. The molecule has 76 valence electrons. The molecule has 0 aliphatic heterocycles. The molecule has 0 radical (unpaired) electrons. The van der Waals surface area contributed by atoms with E-state index in [-0.39, 0.29) is 0 Å². The molecule has 0 atom stereocenters. The van der Waals surface area contributed by atoms with Gasteiger partial charge < -0.3 is 5.11 Å². The molecule has 0 saturated heterocycles. The molecular formula is C7H3BrF2INO2. The summed E-state index contributed by atoms with van der Waals surface area (Å²) in [5, 5.41) is 8.63. The highest BCUT2D eigenvalue weighted by Gasteiger charge is 2.21. The van der Waals surface area contributed by atoms with Gasteiger partial charge in [-0.25, -0.2) is 18.6 Å². The number of carboxylic acid groups (broad SMARTS) is 1. The molecule has 0 unspecified atom stereocenters. The third kappa shape index (κ3) is 2.38. The maximum atomic E-state index is 12.4. The monoisotopic (exact) mass is 377 g/mol. The molecule has 1 heterocycles. The highest BCUT2D eigenvalue weighted by molar-refractivity contribution is 14.1. The number of hydrogen-bond donors (Lipinski definition) is 1. The lowest BCUT2D eigenvalue weighted by Gasteiger charge is -2.05. The molecule has 1 aromatic heterocycles. The molecular weight excluding hydrogens is 375 g/mol. The fourth-order valence-corrected chi connectivity index (χ4v) is 1.55. The van der Waals surface area contributed by atoms with Crippen molar-refractivity contribution in [3.63, 3.8) is 0 Å². The van der Waals surface area contributed by atoms with Crippen molar-refractivity contribution < 1.29 is 18.7 Å². The number of halogens is 4. The number of pyridine rings is 1. The molecule has 0 bridgehead atoms. The molecule has 0 aromatic carbocycles. The minimum atomic E-state index is -2.89. The molecule has 14 heavy (non-hydrogen) atoms. The Morgan fingerprint density at radius 2 is 2.21 bits per heavy atom. The van der Waals surface area contributed by atoms with Crippen LogP contribution >= 0.6 is 38.5 Å². The maximum absolute atomic E-state index is 12.4. The molecule has 0 amide bonds. The van der Waals surface area contributed by atoms with Gasteiger partial charge in [-0.2, -0.15) is 0 Å². The number of alkyl halides is 2. The number of aromatic nitrogens is 1. The Hall–Kier alpha value is -0.310. The van der Waals surface area contributed by atoms with Crippen LogP contribution in [0.15, 0.2) is 10.5 Å². The quantitative estimate of drug-likeness (QED) is 0.636. The Morgan fingerprint density at radius 3 is 2.64 bits per heavy atom. The number of rotatable bonds is 2. The van der Waals surface area contributed by atoms with Crippen molar-refractivity contribution in [2.75, 3.05) is 0 Å². The van der Waals surface area contributed by atoms with Crippen LogP contribution in [0.5, 0.6) is 0 Å². The van der Waals surface area contributed by atoms with Gasteiger partial charge in [-0.05, 0) is 44.6 Å². The second-order valence-corrected chi connectivity index (χ2v) is 4.18. The van der Waals surface area contributed by atoms with Crippen LogP contribution in [0, 0.1) is 3.70 Å². The van der Waals surface area contributed by atoms with E-state index in [1.54, 1.807) is 22.6 Å². The predicted molar refractivity (Wildman–Crippen MR) is 56.6 cm³/mol. The molecule has 1 aromatic rings. The van der Waals surface area contributed by atoms with Crippen molar-refractivity contribution in [2.45, 2.75) is 6.43 Å². The van der Waals surface area contributed by atoms with Gasteiger partial charge in [0.15, 0.2) is 0 Å². The van der Waals surface area contributed by atoms with Gasteiger partial charge in [-0.3, -0.25) is 0 Å². The highest BCUT2D eigenvalue weighted by Crippen LogP contribution is 2.26. The first kappa shape index (κ1) is 11.8. The SMILES string of the molecule is O=C(O)c1cc(Br)c(I)nc1C(F)F. The summed E-state index contributed by atoms with van der Waals surface area (Å²) < 4.78 is 25.4. The van der Waals surface area contributed by atoms with Crippen LogP contribution < -0.4 is 0 Å². The molecule has 1 N–H and O–H groups in total. The van der Waals surface area contributed by atoms with Crippen molar-refractivity contribution in [3.05, 3.63) is 25.5 Å². The van der Waals surface area contributed by atoms with Gasteiger partial charge >= 0.3 is 5.97 Å². The molecule has 0 fully saturated rings. The van der Waals surface area contributed by atoms with Crippen LogP contribution in [0.25, 0.3) is 0 Å². The van der Waals surface area contributed by atoms with E-state index >= 15 is 0 Å². The van der Waals surface area contributed by atoms with Crippen molar-refractivity contribution in [2.24, 2.45) is 0 Å². The smallest absolute Gasteiger partial charge is 0.337 e. The van der Waals surface area contributed by atoms with Gasteiger partial charge in [0.1, 0.15) is 9.39 Å². The second-order valence-electron chi connectivity index (χ2n) is 2.30. The number of carboxylic acids is 1. The molecule has 0 aliphatic rings. The Labute approximate surface area is 99.8 Å². The van der Waals surface area contributed by atoms with Gasteiger partial charge in [-0.1, -0.05) is 0 Å². The van der Waals surface area contributed by atoms with E-state index in [1.165, 1.54) is 0 Å². The fraction of sp³-hybridized carbons (Fsp3) is 0.143. The van der Waals surface area contributed by atoms with Crippen molar-refractivity contribution in [1.29, 1.82) is 0 Å². The molecule has 0 spiro atoms. The van der Waals surface area contributed by atoms with Crippen LogP contribution in [-0.2, 0) is 0 Å². The summed E-state index contributed by atoms with van der Waals surface area (Å²) in [6.45, 7) is 0. The molecule has 0 aliphatic carbocycles. The van der Waals surface area contributed by atoms with Crippen LogP contribution in [0.3, 0.4) is 0 Å². The first-order valence-corrected chi connectivity index (χ1v) is 5.18. The minimum Gasteiger partial charge on any atom is -0.478 e. The zero-order valence-corrected chi connectivity index (χ0v) is 10.2. The Morgan fingerprint density at radius 1 is 1.64 bits per heavy atom. The van der Waals surface area contributed by atoms with Gasteiger partial charge in [-0.15, -0.1) is 0 Å². The first-order chi connectivity index (χ1) is 6.43. The summed E-state index contributed by atoms with van der Waals surface area (Å²) in [5.41, 5.74) is -1.18. The van der Waals surface area contributed by atoms with Crippen molar-refractivity contribution in [3.8, 4) is 0 Å². The Bertz CT molecular complexity index is 386. The Balaban J connectivity index is 3.39. The zero-order valence-electron chi connectivity index (χ0n) is 6.47. The van der Waals surface area contributed by atoms with E-state index in [0.717, 1.165) is 6.07 Å². The van der Waals surface area contributed by atoms with E-state index in [2.05, 4.69) is 20.9 Å². The standard InChI is InChI=1S/C7H3BrF2INO2/c8-3-1-2(7(13)14)4(5(9)10)12-6(3)11/h1,5H,(H,13,14). The lowest BCUT2D eigenvalue weighted by atomic mass is 10.2. The average molecular weight is 378 g/mol. The normalized spacial score (nSPS) is 10.6. The summed E-state index contributed by atoms with van der Waals surface area (Å²) in [7, 11) is 0. The summed E-state index contributed by atoms with van der Waals surface area (Å²) in [6, 6.07) is 1.12. The van der Waals surface area contributed by atoms with Crippen LogP contribution in [-0.4, -0.2) is 16.1 Å². The summed E-state index contributed by atoms with van der Waals surface area (Å²) in [6.07, 6.45) is -2.89. The van der Waals surface area contributed by atoms with Crippen molar-refractivity contribution in [1.82, 2.24) is 4.98 Å². The lowest BCUT2D eigenvalue weighted by Crippen LogP contribution is -2.07. The van der Waals surface area contributed by atoms with Crippen LogP contribution in [0.4, 0.5) is 8.78 Å².